The molecule has 25 heavy (non-hydrogen) atoms. The predicted octanol–water partition coefficient (Wildman–Crippen LogP) is 4.93. The van der Waals surface area contributed by atoms with E-state index in [1.54, 1.807) is 0 Å². The van der Waals surface area contributed by atoms with E-state index in [1.165, 1.54) is 32.1 Å². The minimum absolute atomic E-state index is 0.0666. The average molecular weight is 345 g/mol. The van der Waals surface area contributed by atoms with Crippen LogP contribution in [0.4, 0.5) is 0 Å². The van der Waals surface area contributed by atoms with E-state index in [4.69, 9.17) is 4.42 Å². The molecule has 0 radical (unpaired) electrons. The van der Waals surface area contributed by atoms with Crippen LogP contribution in [-0.2, 0) is 6.42 Å². The second kappa shape index (κ2) is 6.97. The summed E-state index contributed by atoms with van der Waals surface area (Å²) in [4.78, 5) is 27.5. The van der Waals surface area contributed by atoms with Gasteiger partial charge >= 0.3 is 0 Å². The van der Waals surface area contributed by atoms with Crippen molar-refractivity contribution >= 4 is 11.7 Å². The highest BCUT2D eigenvalue weighted by Gasteiger charge is 2.38. The molecule has 0 spiro atoms. The molecule has 138 valence electrons. The van der Waals surface area contributed by atoms with Crippen molar-refractivity contribution in [1.29, 1.82) is 0 Å². The van der Waals surface area contributed by atoms with Gasteiger partial charge < -0.3 is 9.32 Å². The predicted molar refractivity (Wildman–Crippen MR) is 98.1 cm³/mol. The van der Waals surface area contributed by atoms with Gasteiger partial charge in [0.15, 0.2) is 11.5 Å². The normalized spacial score (nSPS) is 21.4. The Kier molecular flexibility index (Phi) is 5.08. The molecule has 0 saturated heterocycles. The van der Waals surface area contributed by atoms with Gasteiger partial charge in [0.1, 0.15) is 5.76 Å². The number of amides is 1. The molecule has 1 amide bonds. The Balaban J connectivity index is 1.84. The SMILES string of the molecule is Cc1c(C(=O)N(C)C2CCCCCCC2)oc2c1C(=O)CC(C)(C)C2. The summed E-state index contributed by atoms with van der Waals surface area (Å²) in [6, 6.07) is 0.279. The molecule has 4 heteroatoms. The summed E-state index contributed by atoms with van der Waals surface area (Å²) in [6.07, 6.45) is 9.56. The summed E-state index contributed by atoms with van der Waals surface area (Å²) in [6.45, 7) is 6.01. The zero-order chi connectivity index (χ0) is 18.2. The third-order valence-corrected chi connectivity index (χ3v) is 5.91. The number of hydrogen-bond donors (Lipinski definition) is 0. The van der Waals surface area contributed by atoms with Gasteiger partial charge in [-0.2, -0.15) is 0 Å². The summed E-state index contributed by atoms with van der Waals surface area (Å²) in [5.74, 6) is 1.12. The molecule has 0 N–H and O–H groups in total. The molecule has 1 aromatic rings. The number of Topliss-reactive ketones (excluding diaryl/α,β-unsaturated/α-hetero) is 1. The number of nitrogens with zero attached hydrogens (tertiary/aromatic N) is 1. The van der Waals surface area contributed by atoms with E-state index in [2.05, 4.69) is 13.8 Å². The smallest absolute Gasteiger partial charge is 0.289 e. The van der Waals surface area contributed by atoms with Crippen molar-refractivity contribution in [1.82, 2.24) is 4.90 Å². The Morgan fingerprint density at radius 1 is 1.08 bits per heavy atom. The largest absolute Gasteiger partial charge is 0.455 e. The van der Waals surface area contributed by atoms with Crippen LogP contribution in [0.15, 0.2) is 4.42 Å². The molecule has 0 atom stereocenters. The second-order valence-electron chi connectivity index (χ2n) is 8.71. The monoisotopic (exact) mass is 345 g/mol. The van der Waals surface area contributed by atoms with Crippen LogP contribution < -0.4 is 0 Å². The first-order valence-electron chi connectivity index (χ1n) is 9.73. The first-order chi connectivity index (χ1) is 11.8. The fourth-order valence-corrected chi connectivity index (χ4v) is 4.43. The number of carbonyl (C=O) groups is 2. The third-order valence-electron chi connectivity index (χ3n) is 5.91. The van der Waals surface area contributed by atoms with E-state index in [1.807, 2.05) is 18.9 Å². The van der Waals surface area contributed by atoms with Gasteiger partial charge in [0.25, 0.3) is 5.91 Å². The van der Waals surface area contributed by atoms with E-state index in [9.17, 15) is 9.59 Å². The van der Waals surface area contributed by atoms with E-state index in [0.717, 1.165) is 24.8 Å². The van der Waals surface area contributed by atoms with Crippen LogP contribution in [-0.4, -0.2) is 29.7 Å². The summed E-state index contributed by atoms with van der Waals surface area (Å²) in [5.41, 5.74) is 1.30. The lowest BCUT2D eigenvalue weighted by Gasteiger charge is -2.29. The van der Waals surface area contributed by atoms with Gasteiger partial charge in [-0.1, -0.05) is 46.0 Å². The number of hydrogen-bond acceptors (Lipinski definition) is 3. The molecule has 0 unspecified atom stereocenters. The Morgan fingerprint density at radius 2 is 1.68 bits per heavy atom. The number of ketones is 1. The molecule has 3 rings (SSSR count). The van der Waals surface area contributed by atoms with Crippen LogP contribution in [0, 0.1) is 12.3 Å². The van der Waals surface area contributed by atoms with Crippen LogP contribution in [0.25, 0.3) is 0 Å². The summed E-state index contributed by atoms with van der Waals surface area (Å²) in [7, 11) is 1.89. The van der Waals surface area contributed by atoms with Crippen molar-refractivity contribution in [2.75, 3.05) is 7.05 Å². The molecular weight excluding hydrogens is 314 g/mol. The van der Waals surface area contributed by atoms with Gasteiger partial charge in [-0.25, -0.2) is 0 Å². The van der Waals surface area contributed by atoms with E-state index in [0.29, 0.717) is 23.5 Å². The summed E-state index contributed by atoms with van der Waals surface area (Å²) >= 11 is 0. The minimum atomic E-state index is -0.0971. The van der Waals surface area contributed by atoms with Gasteiger partial charge in [0, 0.05) is 31.5 Å². The number of furan rings is 1. The fraction of sp³-hybridized carbons (Fsp3) is 0.714. The number of carbonyl (C=O) groups excluding carboxylic acids is 2. The third kappa shape index (κ3) is 3.68. The second-order valence-corrected chi connectivity index (χ2v) is 8.71. The first-order valence-corrected chi connectivity index (χ1v) is 9.73. The van der Waals surface area contributed by atoms with Crippen LogP contribution in [0.5, 0.6) is 0 Å². The molecule has 0 aliphatic heterocycles. The van der Waals surface area contributed by atoms with Crippen LogP contribution in [0.3, 0.4) is 0 Å². The number of fused-ring (bicyclic) bond motifs is 1. The zero-order valence-electron chi connectivity index (χ0n) is 16.1. The lowest BCUT2D eigenvalue weighted by molar-refractivity contribution is 0.0668. The minimum Gasteiger partial charge on any atom is -0.455 e. The molecule has 0 aromatic carbocycles. The van der Waals surface area contributed by atoms with Gasteiger partial charge in [-0.05, 0) is 25.2 Å². The van der Waals surface area contributed by atoms with E-state index >= 15 is 0 Å². The lowest BCUT2D eigenvalue weighted by atomic mass is 9.76. The summed E-state index contributed by atoms with van der Waals surface area (Å²) < 4.78 is 5.96. The highest BCUT2D eigenvalue weighted by molar-refractivity contribution is 6.03. The highest BCUT2D eigenvalue weighted by atomic mass is 16.4. The van der Waals surface area contributed by atoms with Crippen LogP contribution >= 0.6 is 0 Å². The average Bonchev–Trinajstić information content (AvgIpc) is 2.81. The zero-order valence-corrected chi connectivity index (χ0v) is 16.1. The topological polar surface area (TPSA) is 50.5 Å². The standard InChI is InChI=1S/C21H31NO3/c1-14-18-16(23)12-21(2,3)13-17(18)25-19(14)20(24)22(4)15-10-8-6-5-7-9-11-15/h15H,5-13H2,1-4H3. The van der Waals surface area contributed by atoms with Crippen molar-refractivity contribution in [3.8, 4) is 0 Å². The molecule has 0 bridgehead atoms. The maximum absolute atomic E-state index is 13.1. The van der Waals surface area contributed by atoms with Gasteiger partial charge in [-0.15, -0.1) is 0 Å². The fourth-order valence-electron chi connectivity index (χ4n) is 4.43. The molecule has 1 saturated carbocycles. The molecular formula is C21H31NO3. The molecule has 1 heterocycles. The molecule has 1 fully saturated rings. The van der Waals surface area contributed by atoms with E-state index < -0.39 is 0 Å². The van der Waals surface area contributed by atoms with Gasteiger partial charge in [0.05, 0.1) is 5.56 Å². The summed E-state index contributed by atoms with van der Waals surface area (Å²) in [5, 5.41) is 0. The van der Waals surface area contributed by atoms with Crippen LogP contribution in [0.2, 0.25) is 0 Å². The van der Waals surface area contributed by atoms with Crippen molar-refractivity contribution in [3.05, 3.63) is 22.6 Å². The Labute approximate surface area is 151 Å². The quantitative estimate of drug-likeness (QED) is 0.764. The van der Waals surface area contributed by atoms with Crippen molar-refractivity contribution in [2.45, 2.75) is 84.6 Å². The van der Waals surface area contributed by atoms with Crippen LogP contribution in [0.1, 0.15) is 97.5 Å². The maximum Gasteiger partial charge on any atom is 0.289 e. The Hall–Kier alpha value is -1.58. The van der Waals surface area contributed by atoms with Crippen molar-refractivity contribution in [2.24, 2.45) is 5.41 Å². The molecule has 2 aliphatic rings. The molecule has 2 aliphatic carbocycles. The Morgan fingerprint density at radius 3 is 2.32 bits per heavy atom. The van der Waals surface area contributed by atoms with Gasteiger partial charge in [0.2, 0.25) is 0 Å². The van der Waals surface area contributed by atoms with Crippen molar-refractivity contribution < 1.29 is 14.0 Å². The highest BCUT2D eigenvalue weighted by Crippen LogP contribution is 2.38. The van der Waals surface area contributed by atoms with E-state index in [-0.39, 0.29) is 23.1 Å². The van der Waals surface area contributed by atoms with Crippen molar-refractivity contribution in [3.63, 3.8) is 0 Å². The lowest BCUT2D eigenvalue weighted by Crippen LogP contribution is -2.37. The Bertz CT molecular complexity index is 663. The number of rotatable bonds is 2. The maximum atomic E-state index is 13.1. The molecule has 4 nitrogen and oxygen atoms in total. The molecule has 1 aromatic heterocycles. The van der Waals surface area contributed by atoms with Gasteiger partial charge in [-0.3, -0.25) is 9.59 Å². The first kappa shape index (κ1) is 18.2.